The van der Waals surface area contributed by atoms with E-state index in [-0.39, 0.29) is 17.8 Å². The molecule has 0 unspecified atom stereocenters. The number of hydrogen-bond acceptors (Lipinski definition) is 4. The second-order valence-electron chi connectivity index (χ2n) is 7.72. The minimum atomic E-state index is -0.262. The van der Waals surface area contributed by atoms with Crippen LogP contribution in [-0.2, 0) is 16.1 Å². The third kappa shape index (κ3) is 4.77. The minimum Gasteiger partial charge on any atom is -0.491 e. The number of fused-ring (bicyclic) bond motifs is 1. The molecule has 154 valence electrons. The summed E-state index contributed by atoms with van der Waals surface area (Å²) in [5, 5.41) is 0. The third-order valence-corrected chi connectivity index (χ3v) is 5.64. The molecule has 0 spiro atoms. The molecule has 6 heteroatoms. The van der Waals surface area contributed by atoms with Crippen LogP contribution in [0.15, 0.2) is 42.5 Å². The van der Waals surface area contributed by atoms with Crippen LogP contribution < -0.4 is 4.74 Å². The Labute approximate surface area is 171 Å². The van der Waals surface area contributed by atoms with Crippen LogP contribution in [0.1, 0.15) is 18.9 Å². The molecule has 0 bridgehead atoms. The summed E-state index contributed by atoms with van der Waals surface area (Å²) in [6, 6.07) is 12.4. The van der Waals surface area contributed by atoms with Crippen molar-refractivity contribution < 1.29 is 18.7 Å². The van der Waals surface area contributed by atoms with Gasteiger partial charge in [0, 0.05) is 38.2 Å². The Morgan fingerprint density at radius 3 is 2.72 bits per heavy atom. The van der Waals surface area contributed by atoms with Gasteiger partial charge in [-0.05, 0) is 42.3 Å². The Morgan fingerprint density at radius 2 is 1.93 bits per heavy atom. The van der Waals surface area contributed by atoms with Gasteiger partial charge < -0.3 is 14.4 Å². The third-order valence-electron chi connectivity index (χ3n) is 5.64. The summed E-state index contributed by atoms with van der Waals surface area (Å²) in [6.45, 7) is 6.97. The van der Waals surface area contributed by atoms with Crippen LogP contribution in [0.5, 0.6) is 5.75 Å². The van der Waals surface area contributed by atoms with Crippen molar-refractivity contribution in [2.75, 3.05) is 39.5 Å². The van der Waals surface area contributed by atoms with Gasteiger partial charge in [0.1, 0.15) is 18.2 Å². The molecular formula is C23H27FN2O3. The Bertz CT molecular complexity index is 867. The van der Waals surface area contributed by atoms with Gasteiger partial charge in [-0.25, -0.2) is 4.39 Å². The highest BCUT2D eigenvalue weighted by atomic mass is 19.1. The number of rotatable bonds is 4. The highest BCUT2D eigenvalue weighted by Crippen LogP contribution is 2.31. The Kier molecular flexibility index (Phi) is 6.11. The highest BCUT2D eigenvalue weighted by molar-refractivity contribution is 5.77. The maximum atomic E-state index is 13.6. The normalized spacial score (nSPS) is 19.9. The fourth-order valence-electron chi connectivity index (χ4n) is 3.89. The molecule has 0 N–H and O–H groups in total. The van der Waals surface area contributed by atoms with E-state index < -0.39 is 0 Å². The van der Waals surface area contributed by atoms with Crippen molar-refractivity contribution in [1.29, 1.82) is 0 Å². The van der Waals surface area contributed by atoms with E-state index in [4.69, 9.17) is 9.47 Å². The Hall–Kier alpha value is -2.44. The van der Waals surface area contributed by atoms with E-state index in [1.54, 1.807) is 6.07 Å². The first-order valence-electron chi connectivity index (χ1n) is 10.2. The Morgan fingerprint density at radius 1 is 1.14 bits per heavy atom. The standard InChI is InChI=1S/C23H27FN2O3/c1-17-16-29-22-6-5-19(18-3-2-4-21(24)14-18)13-20(22)15-26(17)23(27)7-8-25-9-11-28-12-10-25/h2-6,13-14,17H,7-12,15-16H2,1H3/t17-/m0/s1. The second-order valence-corrected chi connectivity index (χ2v) is 7.72. The molecule has 0 saturated carbocycles. The van der Waals surface area contributed by atoms with E-state index in [0.29, 0.717) is 19.6 Å². The van der Waals surface area contributed by atoms with E-state index >= 15 is 0 Å². The maximum absolute atomic E-state index is 13.6. The van der Waals surface area contributed by atoms with E-state index in [0.717, 1.165) is 55.3 Å². The van der Waals surface area contributed by atoms with Crippen molar-refractivity contribution >= 4 is 5.91 Å². The van der Waals surface area contributed by atoms with Crippen LogP contribution >= 0.6 is 0 Å². The maximum Gasteiger partial charge on any atom is 0.224 e. The molecule has 2 aliphatic rings. The molecule has 1 atom stereocenters. The minimum absolute atomic E-state index is 0.00258. The number of morpholine rings is 1. The van der Waals surface area contributed by atoms with Gasteiger partial charge in [-0.3, -0.25) is 9.69 Å². The van der Waals surface area contributed by atoms with Gasteiger partial charge in [-0.2, -0.15) is 0 Å². The van der Waals surface area contributed by atoms with E-state index in [9.17, 15) is 9.18 Å². The van der Waals surface area contributed by atoms with Crippen molar-refractivity contribution in [3.8, 4) is 16.9 Å². The zero-order valence-corrected chi connectivity index (χ0v) is 16.8. The lowest BCUT2D eigenvalue weighted by Gasteiger charge is -2.29. The van der Waals surface area contributed by atoms with Gasteiger partial charge in [-0.15, -0.1) is 0 Å². The van der Waals surface area contributed by atoms with Crippen LogP contribution in [0.4, 0.5) is 4.39 Å². The smallest absolute Gasteiger partial charge is 0.224 e. The molecule has 5 nitrogen and oxygen atoms in total. The molecule has 1 fully saturated rings. The molecule has 2 heterocycles. The van der Waals surface area contributed by atoms with Gasteiger partial charge in [0.05, 0.1) is 19.3 Å². The molecule has 2 aromatic rings. The highest BCUT2D eigenvalue weighted by Gasteiger charge is 2.26. The summed E-state index contributed by atoms with van der Waals surface area (Å²) in [4.78, 5) is 17.2. The first kappa shape index (κ1) is 19.9. The molecule has 2 aromatic carbocycles. The summed E-state index contributed by atoms with van der Waals surface area (Å²) in [5.74, 6) is 0.666. The predicted molar refractivity (Wildman–Crippen MR) is 109 cm³/mol. The molecule has 1 saturated heterocycles. The van der Waals surface area contributed by atoms with E-state index in [1.165, 1.54) is 12.1 Å². The topological polar surface area (TPSA) is 42.0 Å². The number of amides is 1. The number of ether oxygens (including phenoxy) is 2. The van der Waals surface area contributed by atoms with Gasteiger partial charge in [0.15, 0.2) is 0 Å². The molecular weight excluding hydrogens is 371 g/mol. The molecule has 2 aliphatic heterocycles. The predicted octanol–water partition coefficient (Wildman–Crippen LogP) is 3.32. The number of hydrogen-bond donors (Lipinski definition) is 0. The lowest BCUT2D eigenvalue weighted by Crippen LogP contribution is -2.43. The molecule has 0 aliphatic carbocycles. The summed E-state index contributed by atoms with van der Waals surface area (Å²) in [7, 11) is 0. The molecule has 29 heavy (non-hydrogen) atoms. The van der Waals surface area contributed by atoms with Crippen molar-refractivity contribution in [3.63, 3.8) is 0 Å². The van der Waals surface area contributed by atoms with Gasteiger partial charge >= 0.3 is 0 Å². The van der Waals surface area contributed by atoms with Crippen LogP contribution in [0.2, 0.25) is 0 Å². The second kappa shape index (κ2) is 8.93. The van der Waals surface area contributed by atoms with E-state index in [2.05, 4.69) is 4.90 Å². The summed E-state index contributed by atoms with van der Waals surface area (Å²) in [6.07, 6.45) is 0.489. The van der Waals surface area contributed by atoms with Crippen molar-refractivity contribution in [2.24, 2.45) is 0 Å². The van der Waals surface area contributed by atoms with Gasteiger partial charge in [0.2, 0.25) is 5.91 Å². The quantitative estimate of drug-likeness (QED) is 0.792. The average Bonchev–Trinajstić information content (AvgIpc) is 2.91. The van der Waals surface area contributed by atoms with Crippen LogP contribution in [0.3, 0.4) is 0 Å². The Balaban J connectivity index is 1.49. The number of carbonyl (C=O) groups excluding carboxylic acids is 1. The lowest BCUT2D eigenvalue weighted by atomic mass is 10.0. The lowest BCUT2D eigenvalue weighted by molar-refractivity contribution is -0.134. The monoisotopic (exact) mass is 398 g/mol. The summed E-state index contributed by atoms with van der Waals surface area (Å²) in [5.41, 5.74) is 2.69. The fourth-order valence-corrected chi connectivity index (χ4v) is 3.89. The first-order chi connectivity index (χ1) is 14.1. The van der Waals surface area contributed by atoms with Crippen molar-refractivity contribution in [3.05, 3.63) is 53.8 Å². The number of nitrogens with zero attached hydrogens (tertiary/aromatic N) is 2. The van der Waals surface area contributed by atoms with Crippen molar-refractivity contribution in [1.82, 2.24) is 9.80 Å². The molecule has 1 amide bonds. The van der Waals surface area contributed by atoms with Crippen LogP contribution in [0.25, 0.3) is 11.1 Å². The zero-order valence-electron chi connectivity index (χ0n) is 16.8. The summed E-state index contributed by atoms with van der Waals surface area (Å²) < 4.78 is 25.0. The average molecular weight is 398 g/mol. The van der Waals surface area contributed by atoms with Crippen molar-refractivity contribution in [2.45, 2.75) is 25.9 Å². The molecule has 4 rings (SSSR count). The zero-order chi connectivity index (χ0) is 20.2. The van der Waals surface area contributed by atoms with Crippen LogP contribution in [0, 0.1) is 5.82 Å². The van der Waals surface area contributed by atoms with Gasteiger partial charge in [0.25, 0.3) is 0 Å². The molecule has 0 radical (unpaired) electrons. The molecule has 0 aromatic heterocycles. The number of carbonyl (C=O) groups is 1. The van der Waals surface area contributed by atoms with Crippen LogP contribution in [-0.4, -0.2) is 61.2 Å². The summed E-state index contributed by atoms with van der Waals surface area (Å²) >= 11 is 0. The number of benzene rings is 2. The SMILES string of the molecule is C[C@H]1COc2ccc(-c3cccc(F)c3)cc2CN1C(=O)CCN1CCOCC1. The number of halogens is 1. The largest absolute Gasteiger partial charge is 0.491 e. The van der Waals surface area contributed by atoms with Gasteiger partial charge in [-0.1, -0.05) is 18.2 Å². The fraction of sp³-hybridized carbons (Fsp3) is 0.435. The van der Waals surface area contributed by atoms with E-state index in [1.807, 2.05) is 36.1 Å². The first-order valence-corrected chi connectivity index (χ1v) is 10.2.